The van der Waals surface area contributed by atoms with Gasteiger partial charge in [0.1, 0.15) is 5.76 Å². The van der Waals surface area contributed by atoms with Gasteiger partial charge in [-0.1, -0.05) is 0 Å². The quantitative estimate of drug-likeness (QED) is 0.744. The van der Waals surface area contributed by atoms with Gasteiger partial charge in [-0.25, -0.2) is 0 Å². The fourth-order valence-electron chi connectivity index (χ4n) is 1.73. The van der Waals surface area contributed by atoms with Crippen molar-refractivity contribution < 1.29 is 18.7 Å². The van der Waals surface area contributed by atoms with Gasteiger partial charge in [-0.15, -0.1) is 0 Å². The van der Waals surface area contributed by atoms with Gasteiger partial charge in [0.05, 0.1) is 0 Å². The average molecular weight is 230 g/mol. The van der Waals surface area contributed by atoms with Crippen molar-refractivity contribution >= 4 is 5.78 Å². The van der Waals surface area contributed by atoms with Crippen molar-refractivity contribution in [3.05, 3.63) is 36.1 Å². The Morgan fingerprint density at radius 1 is 1.12 bits per heavy atom. The fourth-order valence-corrected chi connectivity index (χ4v) is 1.73. The molecule has 4 nitrogen and oxygen atoms in total. The van der Waals surface area contributed by atoms with Crippen LogP contribution in [0.1, 0.15) is 17.5 Å². The molecule has 1 aromatic carbocycles. The highest BCUT2D eigenvalue weighted by atomic mass is 16.7. The van der Waals surface area contributed by atoms with Crippen LogP contribution in [0, 0.1) is 0 Å². The number of hydrogen-bond donors (Lipinski definition) is 0. The van der Waals surface area contributed by atoms with Crippen LogP contribution in [0.25, 0.3) is 11.3 Å². The SMILES string of the molecule is CC(=O)c1ccc(-c2ccc3c(c2)OCO3)o1. The molecule has 0 atom stereocenters. The minimum atomic E-state index is -0.0861. The van der Waals surface area contributed by atoms with Crippen molar-refractivity contribution in [2.45, 2.75) is 6.92 Å². The van der Waals surface area contributed by atoms with Gasteiger partial charge in [0.25, 0.3) is 0 Å². The highest BCUT2D eigenvalue weighted by molar-refractivity contribution is 5.91. The largest absolute Gasteiger partial charge is 0.454 e. The topological polar surface area (TPSA) is 48.7 Å². The van der Waals surface area contributed by atoms with E-state index in [0.717, 1.165) is 11.3 Å². The molecular weight excluding hydrogens is 220 g/mol. The number of rotatable bonds is 2. The predicted molar refractivity (Wildman–Crippen MR) is 60.3 cm³/mol. The van der Waals surface area contributed by atoms with E-state index in [-0.39, 0.29) is 12.6 Å². The zero-order valence-electron chi connectivity index (χ0n) is 9.23. The van der Waals surface area contributed by atoms with Crippen molar-refractivity contribution in [3.63, 3.8) is 0 Å². The third-order valence-electron chi connectivity index (χ3n) is 2.61. The van der Waals surface area contributed by atoms with E-state index in [0.29, 0.717) is 17.3 Å². The maximum Gasteiger partial charge on any atom is 0.231 e. The minimum absolute atomic E-state index is 0.0861. The molecule has 1 aromatic heterocycles. The number of benzene rings is 1. The van der Waals surface area contributed by atoms with Gasteiger partial charge >= 0.3 is 0 Å². The Labute approximate surface area is 97.8 Å². The molecule has 2 aromatic rings. The number of carbonyl (C=O) groups excluding carboxylic acids is 1. The molecule has 0 N–H and O–H groups in total. The molecule has 0 aliphatic carbocycles. The number of carbonyl (C=O) groups is 1. The molecule has 0 spiro atoms. The number of Topliss-reactive ketones (excluding diaryl/α,β-unsaturated/α-hetero) is 1. The summed E-state index contributed by atoms with van der Waals surface area (Å²) in [6.07, 6.45) is 0. The third-order valence-corrected chi connectivity index (χ3v) is 2.61. The molecule has 0 fully saturated rings. The second-order valence-corrected chi connectivity index (χ2v) is 3.79. The second-order valence-electron chi connectivity index (χ2n) is 3.79. The first-order valence-corrected chi connectivity index (χ1v) is 5.25. The molecule has 0 saturated heterocycles. The van der Waals surface area contributed by atoms with Crippen LogP contribution in [0.3, 0.4) is 0 Å². The molecule has 1 aliphatic rings. The molecular formula is C13H10O4. The lowest BCUT2D eigenvalue weighted by molar-refractivity contribution is 0.0988. The number of furan rings is 1. The van der Waals surface area contributed by atoms with Crippen LogP contribution in [-0.2, 0) is 0 Å². The van der Waals surface area contributed by atoms with Crippen LogP contribution in [0.2, 0.25) is 0 Å². The molecule has 4 heteroatoms. The third kappa shape index (κ3) is 1.67. The van der Waals surface area contributed by atoms with Gasteiger partial charge in [-0.2, -0.15) is 0 Å². The van der Waals surface area contributed by atoms with Gasteiger partial charge in [0.2, 0.25) is 6.79 Å². The van der Waals surface area contributed by atoms with Crippen molar-refractivity contribution in [2.24, 2.45) is 0 Å². The van der Waals surface area contributed by atoms with E-state index in [1.807, 2.05) is 18.2 Å². The summed E-state index contributed by atoms with van der Waals surface area (Å²) in [6, 6.07) is 8.98. The predicted octanol–water partition coefficient (Wildman–Crippen LogP) is 2.88. The van der Waals surface area contributed by atoms with Gasteiger partial charge in [0.15, 0.2) is 23.0 Å². The Bertz CT molecular complexity index is 583. The van der Waals surface area contributed by atoms with Gasteiger partial charge in [-0.05, 0) is 30.3 Å². The van der Waals surface area contributed by atoms with Crippen molar-refractivity contribution in [1.82, 2.24) is 0 Å². The molecule has 86 valence electrons. The van der Waals surface area contributed by atoms with Gasteiger partial charge in [0, 0.05) is 12.5 Å². The highest BCUT2D eigenvalue weighted by Gasteiger charge is 2.15. The van der Waals surface area contributed by atoms with E-state index >= 15 is 0 Å². The normalized spacial score (nSPS) is 12.8. The van der Waals surface area contributed by atoms with Gasteiger partial charge < -0.3 is 13.9 Å². The Morgan fingerprint density at radius 3 is 2.71 bits per heavy atom. The summed E-state index contributed by atoms with van der Waals surface area (Å²) in [5, 5.41) is 0. The molecule has 0 amide bonds. The standard InChI is InChI=1S/C13H10O4/c1-8(14)10-4-5-11(17-10)9-2-3-12-13(6-9)16-7-15-12/h2-6H,7H2,1H3. The molecule has 2 heterocycles. The van der Waals surface area contributed by atoms with E-state index in [9.17, 15) is 4.79 Å². The van der Waals surface area contributed by atoms with Crippen LogP contribution < -0.4 is 9.47 Å². The number of hydrogen-bond acceptors (Lipinski definition) is 4. The highest BCUT2D eigenvalue weighted by Crippen LogP contribution is 2.36. The van der Waals surface area contributed by atoms with Crippen molar-refractivity contribution in [2.75, 3.05) is 6.79 Å². The average Bonchev–Trinajstić information content (AvgIpc) is 2.97. The summed E-state index contributed by atoms with van der Waals surface area (Å²) in [5.74, 6) is 2.35. The molecule has 0 saturated carbocycles. The first-order valence-electron chi connectivity index (χ1n) is 5.25. The first kappa shape index (κ1) is 9.96. The Morgan fingerprint density at radius 2 is 1.94 bits per heavy atom. The summed E-state index contributed by atoms with van der Waals surface area (Å²) < 4.78 is 16.0. The van der Waals surface area contributed by atoms with E-state index in [1.54, 1.807) is 12.1 Å². The van der Waals surface area contributed by atoms with E-state index in [2.05, 4.69) is 0 Å². The Kier molecular flexibility index (Phi) is 2.14. The van der Waals surface area contributed by atoms with E-state index < -0.39 is 0 Å². The number of fused-ring (bicyclic) bond motifs is 1. The lowest BCUT2D eigenvalue weighted by Crippen LogP contribution is -1.92. The Balaban J connectivity index is 2.00. The van der Waals surface area contributed by atoms with E-state index in [1.165, 1.54) is 6.92 Å². The molecule has 1 aliphatic heterocycles. The summed E-state index contributed by atoms with van der Waals surface area (Å²) in [7, 11) is 0. The van der Waals surface area contributed by atoms with Crippen LogP contribution in [0.4, 0.5) is 0 Å². The summed E-state index contributed by atoms with van der Waals surface area (Å²) in [5.41, 5.74) is 0.863. The van der Waals surface area contributed by atoms with Crippen LogP contribution in [-0.4, -0.2) is 12.6 Å². The summed E-state index contributed by atoms with van der Waals surface area (Å²) in [6.45, 7) is 1.72. The monoisotopic (exact) mass is 230 g/mol. The zero-order valence-corrected chi connectivity index (χ0v) is 9.23. The smallest absolute Gasteiger partial charge is 0.231 e. The fraction of sp³-hybridized carbons (Fsp3) is 0.154. The number of ketones is 1. The number of ether oxygens (including phenoxy) is 2. The lowest BCUT2D eigenvalue weighted by atomic mass is 10.1. The molecule has 3 rings (SSSR count). The van der Waals surface area contributed by atoms with Crippen molar-refractivity contribution in [1.29, 1.82) is 0 Å². The second kappa shape index (κ2) is 3.66. The van der Waals surface area contributed by atoms with Crippen LogP contribution in [0.15, 0.2) is 34.7 Å². The minimum Gasteiger partial charge on any atom is -0.454 e. The van der Waals surface area contributed by atoms with Crippen LogP contribution in [0.5, 0.6) is 11.5 Å². The first-order chi connectivity index (χ1) is 8.24. The molecule has 0 unspecified atom stereocenters. The maximum absolute atomic E-state index is 11.1. The Hall–Kier alpha value is -2.23. The van der Waals surface area contributed by atoms with Crippen molar-refractivity contribution in [3.8, 4) is 22.8 Å². The zero-order chi connectivity index (χ0) is 11.8. The molecule has 0 radical (unpaired) electrons. The lowest BCUT2D eigenvalue weighted by Gasteiger charge is -1.99. The maximum atomic E-state index is 11.1. The summed E-state index contributed by atoms with van der Waals surface area (Å²) >= 11 is 0. The summed E-state index contributed by atoms with van der Waals surface area (Å²) in [4.78, 5) is 11.1. The van der Waals surface area contributed by atoms with E-state index in [4.69, 9.17) is 13.9 Å². The molecule has 0 bridgehead atoms. The molecule has 17 heavy (non-hydrogen) atoms. The van der Waals surface area contributed by atoms with Crippen LogP contribution >= 0.6 is 0 Å². The van der Waals surface area contributed by atoms with Gasteiger partial charge in [-0.3, -0.25) is 4.79 Å².